The average Bonchev–Trinajstić information content (AvgIpc) is 3.02. The summed E-state index contributed by atoms with van der Waals surface area (Å²) in [5, 5.41) is 3.03. The first-order chi connectivity index (χ1) is 7.70. The number of likely N-dealkylation sites (N-methyl/N-ethyl adjacent to an activating group) is 1. The minimum atomic E-state index is 0.163. The molecule has 0 radical (unpaired) electrons. The Morgan fingerprint density at radius 1 is 1.69 bits per heavy atom. The summed E-state index contributed by atoms with van der Waals surface area (Å²) < 4.78 is 1.84. The molecule has 5 nitrogen and oxygen atoms in total. The third-order valence-corrected chi connectivity index (χ3v) is 2.85. The largest absolute Gasteiger partial charge is 0.341 e. The van der Waals surface area contributed by atoms with E-state index < -0.39 is 0 Å². The second-order valence-corrected chi connectivity index (χ2v) is 4.30. The molecule has 1 aliphatic carbocycles. The highest BCUT2D eigenvalue weighted by molar-refractivity contribution is 5.76. The molecule has 0 atom stereocenters. The maximum absolute atomic E-state index is 11.8. The van der Waals surface area contributed by atoms with Crippen LogP contribution >= 0.6 is 0 Å². The minimum absolute atomic E-state index is 0.163. The lowest BCUT2D eigenvalue weighted by molar-refractivity contribution is -0.131. The van der Waals surface area contributed by atoms with Gasteiger partial charge in [-0.25, -0.2) is 4.98 Å². The predicted octanol–water partition coefficient (Wildman–Crippen LogP) is 0.223. The van der Waals surface area contributed by atoms with E-state index in [2.05, 4.69) is 10.3 Å². The molecule has 5 heteroatoms. The number of hydrogen-bond donors (Lipinski definition) is 1. The van der Waals surface area contributed by atoms with E-state index in [9.17, 15) is 4.79 Å². The molecule has 1 saturated carbocycles. The topological polar surface area (TPSA) is 50.2 Å². The lowest BCUT2D eigenvalue weighted by Crippen LogP contribution is -2.31. The van der Waals surface area contributed by atoms with Crippen LogP contribution in [0.1, 0.15) is 18.5 Å². The van der Waals surface area contributed by atoms with Crippen molar-refractivity contribution in [2.24, 2.45) is 0 Å². The van der Waals surface area contributed by atoms with Crippen molar-refractivity contribution in [1.29, 1.82) is 0 Å². The first-order valence-corrected chi connectivity index (χ1v) is 5.61. The van der Waals surface area contributed by atoms with Crippen molar-refractivity contribution < 1.29 is 4.79 Å². The Hall–Kier alpha value is -1.36. The van der Waals surface area contributed by atoms with Crippen molar-refractivity contribution in [2.45, 2.75) is 32.0 Å². The number of rotatable bonds is 5. The SMILES string of the molecule is CNCc1cn(CC(=O)N(C)C2CC2)cn1. The molecule has 0 unspecified atom stereocenters. The van der Waals surface area contributed by atoms with Crippen LogP contribution in [0.15, 0.2) is 12.5 Å². The highest BCUT2D eigenvalue weighted by Gasteiger charge is 2.29. The van der Waals surface area contributed by atoms with Crippen molar-refractivity contribution in [2.75, 3.05) is 14.1 Å². The number of imidazole rings is 1. The van der Waals surface area contributed by atoms with Gasteiger partial charge in [0.15, 0.2) is 0 Å². The molecule has 1 heterocycles. The number of carbonyl (C=O) groups excluding carboxylic acids is 1. The molecule has 0 aliphatic heterocycles. The van der Waals surface area contributed by atoms with Gasteiger partial charge < -0.3 is 14.8 Å². The summed E-state index contributed by atoms with van der Waals surface area (Å²) in [6, 6.07) is 0.479. The summed E-state index contributed by atoms with van der Waals surface area (Å²) in [5.41, 5.74) is 0.962. The van der Waals surface area contributed by atoms with E-state index >= 15 is 0 Å². The van der Waals surface area contributed by atoms with E-state index in [1.54, 1.807) is 6.33 Å². The Balaban J connectivity index is 1.89. The Bertz CT molecular complexity index is 370. The lowest BCUT2D eigenvalue weighted by atomic mass is 10.4. The van der Waals surface area contributed by atoms with Crippen LogP contribution in [-0.4, -0.2) is 40.5 Å². The number of carbonyl (C=O) groups is 1. The summed E-state index contributed by atoms with van der Waals surface area (Å²) in [6.07, 6.45) is 5.93. The number of nitrogens with one attached hydrogen (secondary N) is 1. The first-order valence-electron chi connectivity index (χ1n) is 5.61. The second-order valence-electron chi connectivity index (χ2n) is 4.30. The fourth-order valence-electron chi connectivity index (χ4n) is 1.70. The number of aromatic nitrogens is 2. The van der Waals surface area contributed by atoms with E-state index in [1.165, 1.54) is 0 Å². The molecule has 1 amide bonds. The molecule has 0 spiro atoms. The van der Waals surface area contributed by atoms with Crippen LogP contribution in [0.5, 0.6) is 0 Å². The van der Waals surface area contributed by atoms with Gasteiger partial charge in [-0.3, -0.25) is 4.79 Å². The van der Waals surface area contributed by atoms with Crippen LogP contribution in [0.25, 0.3) is 0 Å². The van der Waals surface area contributed by atoms with Gasteiger partial charge in [0.05, 0.1) is 12.0 Å². The fourth-order valence-corrected chi connectivity index (χ4v) is 1.70. The molecular formula is C11H18N4O. The van der Waals surface area contributed by atoms with E-state index in [4.69, 9.17) is 0 Å². The van der Waals surface area contributed by atoms with E-state index in [0.717, 1.165) is 25.1 Å². The molecule has 1 aromatic heterocycles. The Morgan fingerprint density at radius 3 is 3.06 bits per heavy atom. The molecule has 0 aromatic carbocycles. The van der Waals surface area contributed by atoms with Gasteiger partial charge in [0.2, 0.25) is 5.91 Å². The molecule has 0 saturated heterocycles. The van der Waals surface area contributed by atoms with Crippen LogP contribution in [0.4, 0.5) is 0 Å². The summed E-state index contributed by atoms with van der Waals surface area (Å²) in [5.74, 6) is 0.163. The smallest absolute Gasteiger partial charge is 0.242 e. The van der Waals surface area contributed by atoms with Gasteiger partial charge in [0, 0.05) is 25.8 Å². The summed E-state index contributed by atoms with van der Waals surface area (Å²) in [6.45, 7) is 1.13. The fraction of sp³-hybridized carbons (Fsp3) is 0.636. The van der Waals surface area contributed by atoms with Crippen LogP contribution in [0.3, 0.4) is 0 Å². The van der Waals surface area contributed by atoms with E-state index in [-0.39, 0.29) is 5.91 Å². The molecule has 88 valence electrons. The zero-order valence-electron chi connectivity index (χ0n) is 9.81. The van der Waals surface area contributed by atoms with Gasteiger partial charge in [0.25, 0.3) is 0 Å². The molecule has 0 bridgehead atoms. The molecule has 1 N–H and O–H groups in total. The number of amides is 1. The van der Waals surface area contributed by atoms with Gasteiger partial charge in [-0.05, 0) is 19.9 Å². The quantitative estimate of drug-likeness (QED) is 0.775. The number of hydrogen-bond acceptors (Lipinski definition) is 3. The van der Waals surface area contributed by atoms with Gasteiger partial charge in [-0.1, -0.05) is 0 Å². The molecule has 16 heavy (non-hydrogen) atoms. The van der Waals surface area contributed by atoms with Gasteiger partial charge >= 0.3 is 0 Å². The average molecular weight is 222 g/mol. The lowest BCUT2D eigenvalue weighted by Gasteiger charge is -2.16. The third-order valence-electron chi connectivity index (χ3n) is 2.85. The maximum Gasteiger partial charge on any atom is 0.242 e. The van der Waals surface area contributed by atoms with Crippen molar-refractivity contribution >= 4 is 5.91 Å². The van der Waals surface area contributed by atoms with Crippen molar-refractivity contribution in [3.05, 3.63) is 18.2 Å². The summed E-state index contributed by atoms with van der Waals surface area (Å²) in [7, 11) is 3.76. The zero-order chi connectivity index (χ0) is 11.5. The molecule has 1 aliphatic rings. The standard InChI is InChI=1S/C11H18N4O/c1-12-5-9-6-15(8-13-9)7-11(16)14(2)10-3-4-10/h6,8,10,12H,3-5,7H2,1-2H3. The Morgan fingerprint density at radius 2 is 2.44 bits per heavy atom. The Kier molecular flexibility index (Phi) is 3.24. The van der Waals surface area contributed by atoms with Crippen molar-refractivity contribution in [3.8, 4) is 0 Å². The minimum Gasteiger partial charge on any atom is -0.341 e. The highest BCUT2D eigenvalue weighted by Crippen LogP contribution is 2.25. The van der Waals surface area contributed by atoms with Gasteiger partial charge in [-0.15, -0.1) is 0 Å². The van der Waals surface area contributed by atoms with Crippen molar-refractivity contribution in [3.63, 3.8) is 0 Å². The third kappa shape index (κ3) is 2.61. The molecule has 1 aromatic rings. The Labute approximate surface area is 95.5 Å². The first kappa shape index (κ1) is 11.1. The monoisotopic (exact) mass is 222 g/mol. The summed E-state index contributed by atoms with van der Waals surface area (Å²) in [4.78, 5) is 17.9. The van der Waals surface area contributed by atoms with Gasteiger partial charge in [0.1, 0.15) is 6.54 Å². The molecule has 2 rings (SSSR count). The highest BCUT2D eigenvalue weighted by atomic mass is 16.2. The van der Waals surface area contributed by atoms with Crippen LogP contribution < -0.4 is 5.32 Å². The zero-order valence-corrected chi connectivity index (χ0v) is 9.81. The van der Waals surface area contributed by atoms with Crippen LogP contribution in [0.2, 0.25) is 0 Å². The van der Waals surface area contributed by atoms with Crippen LogP contribution in [0, 0.1) is 0 Å². The van der Waals surface area contributed by atoms with Gasteiger partial charge in [-0.2, -0.15) is 0 Å². The maximum atomic E-state index is 11.8. The molecular weight excluding hydrogens is 204 g/mol. The van der Waals surface area contributed by atoms with Crippen LogP contribution in [-0.2, 0) is 17.9 Å². The molecule has 1 fully saturated rings. The second kappa shape index (κ2) is 4.65. The predicted molar refractivity (Wildman–Crippen MR) is 60.8 cm³/mol. The van der Waals surface area contributed by atoms with E-state index in [1.807, 2.05) is 29.8 Å². The normalized spacial score (nSPS) is 15.1. The van der Waals surface area contributed by atoms with E-state index in [0.29, 0.717) is 12.6 Å². The summed E-state index contributed by atoms with van der Waals surface area (Å²) >= 11 is 0. The number of nitrogens with zero attached hydrogens (tertiary/aromatic N) is 3. The van der Waals surface area contributed by atoms with Crippen molar-refractivity contribution in [1.82, 2.24) is 19.8 Å².